The van der Waals surface area contributed by atoms with E-state index in [1.165, 1.54) is 5.57 Å². The van der Waals surface area contributed by atoms with Gasteiger partial charge in [0.1, 0.15) is 0 Å². The van der Waals surface area contributed by atoms with Gasteiger partial charge in [0.25, 0.3) is 0 Å². The molecule has 0 amide bonds. The summed E-state index contributed by atoms with van der Waals surface area (Å²) in [5.41, 5.74) is 3.29. The Morgan fingerprint density at radius 1 is 0.900 bits per heavy atom. The lowest BCUT2D eigenvalue weighted by molar-refractivity contribution is 0.102. The summed E-state index contributed by atoms with van der Waals surface area (Å²) in [5, 5.41) is 39.3. The van der Waals surface area contributed by atoms with E-state index < -0.39 is 28.8 Å². The number of carbonyl (C=O) groups excluding carboxylic acids is 1. The number of benzene rings is 2. The quantitative estimate of drug-likeness (QED) is 0.144. The Morgan fingerprint density at radius 2 is 1.57 bits per heavy atom. The zero-order valence-electron chi connectivity index (χ0n) is 17.5. The van der Waals surface area contributed by atoms with Crippen molar-refractivity contribution in [2.24, 2.45) is 0 Å². The van der Waals surface area contributed by atoms with Gasteiger partial charge in [-0.05, 0) is 57.7 Å². The minimum atomic E-state index is -0.925. The van der Waals surface area contributed by atoms with Crippen molar-refractivity contribution in [1.82, 2.24) is 0 Å². The smallest absolute Gasteiger partial charge is 0.205 e. The SMILES string of the molecule is CC(C)=CCC/C(C)=C/CC(=Cc1ccccc1)C(=O)c1cc(O)c(O)c(O)c1O. The molecule has 2 rings (SSSR count). The number of phenols is 4. The van der Waals surface area contributed by atoms with Crippen molar-refractivity contribution >= 4 is 11.9 Å². The number of ketones is 1. The molecule has 0 bridgehead atoms. The maximum Gasteiger partial charge on any atom is 0.205 e. The van der Waals surface area contributed by atoms with Crippen LogP contribution in [0.3, 0.4) is 0 Å². The van der Waals surface area contributed by atoms with Gasteiger partial charge in [-0.25, -0.2) is 0 Å². The van der Waals surface area contributed by atoms with Gasteiger partial charge in [0.2, 0.25) is 11.5 Å². The highest BCUT2D eigenvalue weighted by atomic mass is 16.3. The maximum atomic E-state index is 13.1. The maximum absolute atomic E-state index is 13.1. The minimum Gasteiger partial charge on any atom is -0.504 e. The molecule has 0 spiro atoms. The van der Waals surface area contributed by atoms with E-state index in [0.29, 0.717) is 12.0 Å². The first-order chi connectivity index (χ1) is 14.2. The van der Waals surface area contributed by atoms with Gasteiger partial charge in [0, 0.05) is 5.57 Å². The van der Waals surface area contributed by atoms with Gasteiger partial charge in [-0.3, -0.25) is 4.79 Å². The Morgan fingerprint density at radius 3 is 2.20 bits per heavy atom. The van der Waals surface area contributed by atoms with E-state index in [0.717, 1.165) is 30.0 Å². The topological polar surface area (TPSA) is 98.0 Å². The summed E-state index contributed by atoms with van der Waals surface area (Å²) in [4.78, 5) is 13.1. The molecular formula is C25H28O5. The first kappa shape index (κ1) is 22.8. The Balaban J connectivity index is 2.39. The van der Waals surface area contributed by atoms with Gasteiger partial charge in [-0.1, -0.05) is 53.6 Å². The number of allylic oxidation sites excluding steroid dienone is 5. The van der Waals surface area contributed by atoms with E-state index >= 15 is 0 Å². The molecule has 0 radical (unpaired) electrons. The molecule has 5 nitrogen and oxygen atoms in total. The zero-order valence-corrected chi connectivity index (χ0v) is 17.5. The molecule has 4 N–H and O–H groups in total. The number of phenolic OH excluding ortho intramolecular Hbond substituents is 4. The number of rotatable bonds is 8. The van der Waals surface area contributed by atoms with Crippen LogP contribution < -0.4 is 0 Å². The highest BCUT2D eigenvalue weighted by molar-refractivity contribution is 6.13. The highest BCUT2D eigenvalue weighted by Gasteiger charge is 2.23. The molecule has 2 aromatic carbocycles. The summed E-state index contributed by atoms with van der Waals surface area (Å²) >= 11 is 0. The molecule has 0 unspecified atom stereocenters. The number of hydrogen-bond acceptors (Lipinski definition) is 5. The van der Waals surface area contributed by atoms with Crippen LogP contribution in [0.4, 0.5) is 0 Å². The predicted octanol–water partition coefficient (Wildman–Crippen LogP) is 5.86. The average molecular weight is 408 g/mol. The van der Waals surface area contributed by atoms with Gasteiger partial charge < -0.3 is 20.4 Å². The number of aromatic hydroxyl groups is 4. The molecule has 0 aromatic heterocycles. The predicted molar refractivity (Wildman–Crippen MR) is 119 cm³/mol. The van der Waals surface area contributed by atoms with Crippen LogP contribution >= 0.6 is 0 Å². The number of carbonyl (C=O) groups is 1. The lowest BCUT2D eigenvalue weighted by Crippen LogP contribution is -2.04. The molecule has 0 aliphatic carbocycles. The van der Waals surface area contributed by atoms with Crippen LogP contribution in [0.15, 0.2) is 65.3 Å². The van der Waals surface area contributed by atoms with Gasteiger partial charge in [0.05, 0.1) is 5.56 Å². The van der Waals surface area contributed by atoms with Crippen molar-refractivity contribution < 1.29 is 25.2 Å². The van der Waals surface area contributed by atoms with Crippen LogP contribution in [-0.4, -0.2) is 26.2 Å². The summed E-state index contributed by atoms with van der Waals surface area (Å²) in [6.45, 7) is 6.10. The zero-order chi connectivity index (χ0) is 22.3. The van der Waals surface area contributed by atoms with Gasteiger partial charge in [-0.2, -0.15) is 0 Å². The number of hydrogen-bond donors (Lipinski definition) is 4. The van der Waals surface area contributed by atoms with Crippen LogP contribution in [0.1, 0.15) is 56.0 Å². The van der Waals surface area contributed by atoms with Crippen molar-refractivity contribution in [3.05, 3.63) is 76.4 Å². The standard InChI is InChI=1S/C25H28O5/c1-16(2)8-7-9-17(3)12-13-19(14-18-10-5-4-6-11-18)22(27)20-15-21(26)24(29)25(30)23(20)28/h4-6,8,10-12,14-15,26,28-30H,7,9,13H2,1-3H3/b17-12+,19-14?. The van der Waals surface area contributed by atoms with Crippen LogP contribution in [0.5, 0.6) is 23.0 Å². The Hall–Kier alpha value is -3.47. The number of Topliss-reactive ketones (excluding diaryl/α,β-unsaturated/α-hetero) is 1. The molecule has 2 aromatic rings. The molecular weight excluding hydrogens is 380 g/mol. The Bertz CT molecular complexity index is 994. The third-order valence-electron chi connectivity index (χ3n) is 4.67. The van der Waals surface area contributed by atoms with Crippen LogP contribution in [0.2, 0.25) is 0 Å². The average Bonchev–Trinajstić information content (AvgIpc) is 2.72. The fourth-order valence-corrected chi connectivity index (χ4v) is 2.92. The second-order valence-corrected chi connectivity index (χ2v) is 7.47. The third kappa shape index (κ3) is 6.01. The van der Waals surface area contributed by atoms with E-state index in [2.05, 4.69) is 6.08 Å². The first-order valence-electron chi connectivity index (χ1n) is 9.76. The summed E-state index contributed by atoms with van der Waals surface area (Å²) < 4.78 is 0. The molecule has 0 atom stereocenters. The minimum absolute atomic E-state index is 0.277. The van der Waals surface area contributed by atoms with E-state index in [4.69, 9.17) is 0 Å². The lowest BCUT2D eigenvalue weighted by Gasteiger charge is -2.11. The van der Waals surface area contributed by atoms with Crippen molar-refractivity contribution in [3.8, 4) is 23.0 Å². The van der Waals surface area contributed by atoms with E-state index in [1.807, 2.05) is 57.2 Å². The summed E-state index contributed by atoms with van der Waals surface area (Å²) in [5.74, 6) is -3.78. The van der Waals surface area contributed by atoms with Crippen LogP contribution in [0, 0.1) is 0 Å². The highest BCUT2D eigenvalue weighted by Crippen LogP contribution is 2.44. The fraction of sp³-hybridized carbons (Fsp3) is 0.240. The normalized spacial score (nSPS) is 12.0. The monoisotopic (exact) mass is 408 g/mol. The molecule has 30 heavy (non-hydrogen) atoms. The third-order valence-corrected chi connectivity index (χ3v) is 4.67. The van der Waals surface area contributed by atoms with Crippen molar-refractivity contribution in [2.75, 3.05) is 0 Å². The molecule has 0 saturated heterocycles. The lowest BCUT2D eigenvalue weighted by atomic mass is 9.95. The van der Waals surface area contributed by atoms with Gasteiger partial charge in [0.15, 0.2) is 17.3 Å². The molecule has 0 heterocycles. The summed E-state index contributed by atoms with van der Waals surface area (Å²) in [6.07, 6.45) is 7.92. The van der Waals surface area contributed by atoms with Crippen LogP contribution in [-0.2, 0) is 0 Å². The van der Waals surface area contributed by atoms with Gasteiger partial charge >= 0.3 is 0 Å². The van der Waals surface area contributed by atoms with Crippen molar-refractivity contribution in [3.63, 3.8) is 0 Å². The first-order valence-corrected chi connectivity index (χ1v) is 9.76. The van der Waals surface area contributed by atoms with Crippen LogP contribution in [0.25, 0.3) is 6.08 Å². The Labute approximate surface area is 177 Å². The van der Waals surface area contributed by atoms with E-state index in [-0.39, 0.29) is 5.56 Å². The van der Waals surface area contributed by atoms with E-state index in [9.17, 15) is 25.2 Å². The van der Waals surface area contributed by atoms with Crippen molar-refractivity contribution in [1.29, 1.82) is 0 Å². The Kier molecular flexibility index (Phi) is 7.87. The summed E-state index contributed by atoms with van der Waals surface area (Å²) in [6, 6.07) is 10.2. The molecule has 0 fully saturated rings. The summed E-state index contributed by atoms with van der Waals surface area (Å²) in [7, 11) is 0. The fourth-order valence-electron chi connectivity index (χ4n) is 2.92. The molecule has 158 valence electrons. The molecule has 5 heteroatoms. The largest absolute Gasteiger partial charge is 0.504 e. The van der Waals surface area contributed by atoms with Crippen molar-refractivity contribution in [2.45, 2.75) is 40.0 Å². The molecule has 0 saturated carbocycles. The molecule has 0 aliphatic heterocycles. The second kappa shape index (κ2) is 10.3. The second-order valence-electron chi connectivity index (χ2n) is 7.47. The van der Waals surface area contributed by atoms with Gasteiger partial charge in [-0.15, -0.1) is 0 Å². The molecule has 0 aliphatic rings. The van der Waals surface area contributed by atoms with E-state index in [1.54, 1.807) is 6.08 Å².